The molecule has 0 aliphatic heterocycles. The molecule has 0 spiro atoms. The molecule has 4 aromatic rings. The van der Waals surface area contributed by atoms with Gasteiger partial charge in [0.2, 0.25) is 11.8 Å². The van der Waals surface area contributed by atoms with E-state index >= 15 is 0 Å². The van der Waals surface area contributed by atoms with E-state index in [9.17, 15) is 9.59 Å². The highest BCUT2D eigenvalue weighted by Gasteiger charge is 2.20. The van der Waals surface area contributed by atoms with Gasteiger partial charge in [-0.1, -0.05) is 6.07 Å². The van der Waals surface area contributed by atoms with Crippen LogP contribution in [-0.2, 0) is 30.7 Å². The second-order valence-electron chi connectivity index (χ2n) is 7.28. The molecule has 0 radical (unpaired) electrons. The van der Waals surface area contributed by atoms with Crippen LogP contribution in [0, 0.1) is 0 Å². The first kappa shape index (κ1) is 19.2. The summed E-state index contributed by atoms with van der Waals surface area (Å²) < 4.78 is 7.01. The molecule has 4 aromatic heterocycles. The standard InChI is InChI=1S/C21H20N4O3S2/c26-17(22-10-13-11-28-19(24-13)16-6-3-9-29-16)7-8-25-12-23-20-18(21(25)27)14-4-1-2-5-15(14)30-20/h3,6,9,11-12H,1-2,4-5,7-8,10H2,(H,22,26). The van der Waals surface area contributed by atoms with Crippen LogP contribution in [0.25, 0.3) is 21.0 Å². The number of hydrogen-bond donors (Lipinski definition) is 1. The fourth-order valence-electron chi connectivity index (χ4n) is 3.74. The zero-order valence-corrected chi connectivity index (χ0v) is 17.9. The largest absolute Gasteiger partial charge is 0.443 e. The molecule has 0 saturated carbocycles. The van der Waals surface area contributed by atoms with Gasteiger partial charge in [-0.3, -0.25) is 14.2 Å². The van der Waals surface area contributed by atoms with Gasteiger partial charge in [0.25, 0.3) is 5.56 Å². The second kappa shape index (κ2) is 8.16. The van der Waals surface area contributed by atoms with Gasteiger partial charge in [-0.25, -0.2) is 9.97 Å². The predicted octanol–water partition coefficient (Wildman–Crippen LogP) is 3.76. The average molecular weight is 441 g/mol. The van der Waals surface area contributed by atoms with E-state index in [1.165, 1.54) is 16.9 Å². The fraction of sp³-hybridized carbons (Fsp3) is 0.333. The van der Waals surface area contributed by atoms with E-state index in [2.05, 4.69) is 15.3 Å². The lowest BCUT2D eigenvalue weighted by Crippen LogP contribution is -2.27. The Bertz CT molecular complexity index is 1250. The number of nitrogens with one attached hydrogen (secondary N) is 1. The van der Waals surface area contributed by atoms with Crippen molar-refractivity contribution in [3.63, 3.8) is 0 Å². The van der Waals surface area contributed by atoms with Gasteiger partial charge in [-0.15, -0.1) is 22.7 Å². The fourth-order valence-corrected chi connectivity index (χ4v) is 5.62. The summed E-state index contributed by atoms with van der Waals surface area (Å²) in [5.41, 5.74) is 1.80. The minimum atomic E-state index is -0.144. The molecule has 1 aliphatic carbocycles. The van der Waals surface area contributed by atoms with Crippen molar-refractivity contribution in [1.82, 2.24) is 19.9 Å². The van der Waals surface area contributed by atoms with Crippen LogP contribution >= 0.6 is 22.7 Å². The molecule has 154 valence electrons. The summed E-state index contributed by atoms with van der Waals surface area (Å²) in [7, 11) is 0. The van der Waals surface area contributed by atoms with Crippen LogP contribution in [0.1, 0.15) is 35.4 Å². The molecule has 1 aliphatic rings. The minimum absolute atomic E-state index is 0.0377. The lowest BCUT2D eigenvalue weighted by atomic mass is 9.97. The van der Waals surface area contributed by atoms with E-state index in [1.54, 1.807) is 39.8 Å². The Kier molecular flexibility index (Phi) is 5.22. The van der Waals surface area contributed by atoms with Crippen molar-refractivity contribution in [3.8, 4) is 10.8 Å². The molecule has 9 heteroatoms. The Morgan fingerprint density at radius 1 is 1.30 bits per heavy atom. The first-order chi connectivity index (χ1) is 14.7. The van der Waals surface area contributed by atoms with Gasteiger partial charge in [0.1, 0.15) is 11.1 Å². The Labute approximate surface area is 180 Å². The molecular weight excluding hydrogens is 420 g/mol. The van der Waals surface area contributed by atoms with Crippen molar-refractivity contribution in [3.05, 3.63) is 56.6 Å². The Morgan fingerprint density at radius 3 is 3.07 bits per heavy atom. The van der Waals surface area contributed by atoms with E-state index < -0.39 is 0 Å². The second-order valence-corrected chi connectivity index (χ2v) is 9.31. The number of oxazole rings is 1. The zero-order valence-electron chi connectivity index (χ0n) is 16.2. The number of rotatable bonds is 6. The van der Waals surface area contributed by atoms with Gasteiger partial charge < -0.3 is 9.73 Å². The summed E-state index contributed by atoms with van der Waals surface area (Å²) in [5.74, 6) is 0.411. The van der Waals surface area contributed by atoms with Crippen molar-refractivity contribution in [2.24, 2.45) is 0 Å². The summed E-state index contributed by atoms with van der Waals surface area (Å²) in [6.45, 7) is 0.593. The predicted molar refractivity (Wildman–Crippen MR) is 117 cm³/mol. The minimum Gasteiger partial charge on any atom is -0.443 e. The first-order valence-electron chi connectivity index (χ1n) is 9.93. The van der Waals surface area contributed by atoms with Crippen molar-refractivity contribution >= 4 is 38.8 Å². The molecule has 0 bridgehead atoms. The summed E-state index contributed by atoms with van der Waals surface area (Å²) in [6, 6.07) is 3.87. The normalized spacial score (nSPS) is 13.5. The Morgan fingerprint density at radius 2 is 2.20 bits per heavy atom. The van der Waals surface area contributed by atoms with Gasteiger partial charge in [-0.05, 0) is 42.7 Å². The smallest absolute Gasteiger partial charge is 0.262 e. The van der Waals surface area contributed by atoms with Crippen LogP contribution in [0.5, 0.6) is 0 Å². The van der Waals surface area contributed by atoms with Gasteiger partial charge in [0.15, 0.2) is 0 Å². The van der Waals surface area contributed by atoms with Crippen LogP contribution in [0.4, 0.5) is 0 Å². The topological polar surface area (TPSA) is 90.0 Å². The third-order valence-electron chi connectivity index (χ3n) is 5.27. The average Bonchev–Trinajstić information content (AvgIpc) is 3.50. The molecule has 1 N–H and O–H groups in total. The lowest BCUT2D eigenvalue weighted by Gasteiger charge is -2.10. The third-order valence-corrected chi connectivity index (χ3v) is 7.33. The van der Waals surface area contributed by atoms with E-state index in [1.807, 2.05) is 17.5 Å². The highest BCUT2D eigenvalue weighted by atomic mass is 32.1. The molecule has 0 unspecified atom stereocenters. The molecule has 30 heavy (non-hydrogen) atoms. The monoisotopic (exact) mass is 440 g/mol. The maximum Gasteiger partial charge on any atom is 0.262 e. The number of aromatic nitrogens is 3. The maximum atomic E-state index is 12.9. The molecular formula is C21H20N4O3S2. The Hall–Kier alpha value is -2.78. The van der Waals surface area contributed by atoms with Crippen molar-refractivity contribution in [1.29, 1.82) is 0 Å². The molecule has 0 aromatic carbocycles. The number of aryl methyl sites for hydroxylation is 3. The quantitative estimate of drug-likeness (QED) is 0.493. The summed E-state index contributed by atoms with van der Waals surface area (Å²) >= 11 is 3.18. The van der Waals surface area contributed by atoms with E-state index in [0.717, 1.165) is 34.4 Å². The summed E-state index contributed by atoms with van der Waals surface area (Å²) in [5, 5.41) is 5.55. The van der Waals surface area contributed by atoms with Crippen LogP contribution in [-0.4, -0.2) is 20.4 Å². The van der Waals surface area contributed by atoms with Crippen molar-refractivity contribution < 1.29 is 9.21 Å². The van der Waals surface area contributed by atoms with Gasteiger partial charge in [-0.2, -0.15) is 0 Å². The number of carbonyl (C=O) groups excluding carboxylic acids is 1. The molecule has 5 rings (SSSR count). The molecule has 4 heterocycles. The number of carbonyl (C=O) groups is 1. The van der Waals surface area contributed by atoms with Crippen molar-refractivity contribution in [2.75, 3.05) is 0 Å². The number of amides is 1. The number of fused-ring (bicyclic) bond motifs is 3. The van der Waals surface area contributed by atoms with Gasteiger partial charge >= 0.3 is 0 Å². The van der Waals surface area contributed by atoms with Crippen LogP contribution in [0.3, 0.4) is 0 Å². The molecule has 1 amide bonds. The Balaban J connectivity index is 1.22. The number of hydrogen-bond acceptors (Lipinski definition) is 7. The van der Waals surface area contributed by atoms with Crippen molar-refractivity contribution in [2.45, 2.75) is 45.2 Å². The van der Waals surface area contributed by atoms with Crippen LogP contribution < -0.4 is 10.9 Å². The van der Waals surface area contributed by atoms with E-state index in [-0.39, 0.29) is 24.4 Å². The summed E-state index contributed by atoms with van der Waals surface area (Å²) in [4.78, 5) is 37.2. The number of nitrogens with zero attached hydrogens (tertiary/aromatic N) is 3. The molecule has 0 fully saturated rings. The molecule has 0 saturated heterocycles. The van der Waals surface area contributed by atoms with Crippen LogP contribution in [0.2, 0.25) is 0 Å². The highest BCUT2D eigenvalue weighted by Crippen LogP contribution is 2.33. The lowest BCUT2D eigenvalue weighted by molar-refractivity contribution is -0.121. The summed E-state index contributed by atoms with van der Waals surface area (Å²) in [6.07, 6.45) is 7.59. The van der Waals surface area contributed by atoms with Gasteiger partial charge in [0.05, 0.1) is 28.8 Å². The third kappa shape index (κ3) is 3.70. The first-order valence-corrected chi connectivity index (χ1v) is 11.6. The molecule has 7 nitrogen and oxygen atoms in total. The SMILES string of the molecule is O=C(CCn1cnc2sc3c(c2c1=O)CCCC3)NCc1coc(-c2cccs2)n1. The molecule has 0 atom stereocenters. The van der Waals surface area contributed by atoms with Gasteiger partial charge in [0, 0.05) is 17.8 Å². The van der Waals surface area contributed by atoms with E-state index in [4.69, 9.17) is 4.42 Å². The number of thiophene rings is 2. The maximum absolute atomic E-state index is 12.9. The zero-order chi connectivity index (χ0) is 20.5. The van der Waals surface area contributed by atoms with E-state index in [0.29, 0.717) is 18.1 Å². The highest BCUT2D eigenvalue weighted by molar-refractivity contribution is 7.18. The van der Waals surface area contributed by atoms with Crippen LogP contribution in [0.15, 0.2) is 39.3 Å².